The predicted molar refractivity (Wildman–Crippen MR) is 190 cm³/mol. The van der Waals surface area contributed by atoms with Crippen LogP contribution in [0.15, 0.2) is 47.6 Å². The Hall–Kier alpha value is -2.23. The van der Waals surface area contributed by atoms with Gasteiger partial charge in [-0.05, 0) is 137 Å². The van der Waals surface area contributed by atoms with Crippen LogP contribution in [-0.2, 0) is 30.3 Å². The SMILES string of the molecule is COc1ccc(CO[C@H](CC[C@H](OC(C)=O)[C@@]2(C)CC[C@H]([C@@](C)(O)CCC=C(C)C)O2)[C@]2(C)CC[C@H]([C@@](C)(O)CCC=C(C)C)O2)cc1. The van der Waals surface area contributed by atoms with Crippen LogP contribution in [0.2, 0.25) is 0 Å². The molecular weight excluding hydrogens is 608 g/mol. The van der Waals surface area contributed by atoms with Crippen LogP contribution in [0.4, 0.5) is 0 Å². The quantitative estimate of drug-likeness (QED) is 0.119. The fourth-order valence-corrected chi connectivity index (χ4v) is 7.17. The second-order valence-electron chi connectivity index (χ2n) is 15.6. The number of ether oxygens (including phenoxy) is 5. The first-order valence-electron chi connectivity index (χ1n) is 17.9. The summed E-state index contributed by atoms with van der Waals surface area (Å²) in [5.41, 5.74) is 0.0633. The summed E-state index contributed by atoms with van der Waals surface area (Å²) in [4.78, 5) is 12.4. The average molecular weight is 673 g/mol. The van der Waals surface area contributed by atoms with Crippen LogP contribution >= 0.6 is 0 Å². The summed E-state index contributed by atoms with van der Waals surface area (Å²) in [6.07, 6.45) is 9.32. The number of carbonyl (C=O) groups is 1. The minimum Gasteiger partial charge on any atom is -0.497 e. The number of methoxy groups -OCH3 is 1. The Labute approximate surface area is 290 Å². The molecule has 0 aromatic heterocycles. The first kappa shape index (κ1) is 40.2. The Morgan fingerprint density at radius 2 is 1.31 bits per heavy atom. The Bertz CT molecular complexity index is 1230. The highest BCUT2D eigenvalue weighted by Crippen LogP contribution is 2.44. The minimum atomic E-state index is -1.00. The number of benzene rings is 1. The predicted octanol–water partition coefficient (Wildman–Crippen LogP) is 8.16. The lowest BCUT2D eigenvalue weighted by molar-refractivity contribution is -0.192. The molecule has 2 aliphatic rings. The zero-order valence-electron chi connectivity index (χ0n) is 31.4. The Morgan fingerprint density at radius 1 is 0.854 bits per heavy atom. The monoisotopic (exact) mass is 672 g/mol. The van der Waals surface area contributed by atoms with Gasteiger partial charge >= 0.3 is 5.97 Å². The normalized spacial score (nSPS) is 27.8. The van der Waals surface area contributed by atoms with Crippen molar-refractivity contribution < 1.29 is 38.7 Å². The standard InChI is InChI=1S/C40H64O8/c1-28(2)13-11-23-37(6,42)33-21-25-39(8,47-33)35(45-27-31-15-17-32(44-10)18-16-31)19-20-36(46-30(5)41)40(9)26-22-34(48-40)38(7,43)24-12-14-29(3)4/h13-18,33-36,42-43H,11-12,19-27H2,1-10H3/t33-,34-,35-,36+,37+,38+,39+,40-/m1/s1. The molecule has 0 aliphatic carbocycles. The molecule has 0 bridgehead atoms. The van der Waals surface area contributed by atoms with E-state index in [2.05, 4.69) is 46.8 Å². The van der Waals surface area contributed by atoms with E-state index in [9.17, 15) is 15.0 Å². The van der Waals surface area contributed by atoms with E-state index < -0.39 is 28.5 Å². The van der Waals surface area contributed by atoms with Crippen molar-refractivity contribution in [1.82, 2.24) is 0 Å². The highest BCUT2D eigenvalue weighted by molar-refractivity contribution is 5.66. The summed E-state index contributed by atoms with van der Waals surface area (Å²) in [7, 11) is 1.65. The molecule has 8 atom stereocenters. The lowest BCUT2D eigenvalue weighted by atomic mass is 9.85. The third-order valence-electron chi connectivity index (χ3n) is 10.4. The van der Waals surface area contributed by atoms with Crippen LogP contribution in [0.1, 0.15) is 132 Å². The molecule has 0 amide bonds. The maximum Gasteiger partial charge on any atom is 0.303 e. The van der Waals surface area contributed by atoms with Crippen molar-refractivity contribution in [1.29, 1.82) is 0 Å². The van der Waals surface area contributed by atoms with Crippen molar-refractivity contribution in [3.8, 4) is 5.75 Å². The van der Waals surface area contributed by atoms with E-state index in [4.69, 9.17) is 23.7 Å². The van der Waals surface area contributed by atoms with Gasteiger partial charge in [0.05, 0.1) is 48.8 Å². The average Bonchev–Trinajstić information content (AvgIpc) is 3.61. The van der Waals surface area contributed by atoms with Gasteiger partial charge in [-0.15, -0.1) is 0 Å². The first-order valence-corrected chi connectivity index (χ1v) is 17.9. The number of hydrogen-bond acceptors (Lipinski definition) is 8. The molecule has 2 fully saturated rings. The van der Waals surface area contributed by atoms with Gasteiger partial charge in [0.15, 0.2) is 0 Å². The Kier molecular flexibility index (Phi) is 14.3. The zero-order chi connectivity index (χ0) is 35.8. The summed E-state index contributed by atoms with van der Waals surface area (Å²) >= 11 is 0. The summed E-state index contributed by atoms with van der Waals surface area (Å²) < 4.78 is 31.3. The van der Waals surface area contributed by atoms with Gasteiger partial charge in [0.1, 0.15) is 17.5 Å². The maximum absolute atomic E-state index is 12.4. The molecule has 2 heterocycles. The molecule has 1 aromatic carbocycles. The molecule has 1 aromatic rings. The number of hydrogen-bond donors (Lipinski definition) is 2. The second kappa shape index (κ2) is 17.1. The van der Waals surface area contributed by atoms with E-state index >= 15 is 0 Å². The molecule has 0 saturated carbocycles. The summed E-state index contributed by atoms with van der Waals surface area (Å²) in [5.74, 6) is 0.415. The van der Waals surface area contributed by atoms with Crippen LogP contribution < -0.4 is 4.74 Å². The number of esters is 1. The van der Waals surface area contributed by atoms with Crippen LogP contribution in [0, 0.1) is 0 Å². The van der Waals surface area contributed by atoms with Crippen molar-refractivity contribution >= 4 is 5.97 Å². The van der Waals surface area contributed by atoms with Gasteiger partial charge in [-0.2, -0.15) is 0 Å². The Balaban J connectivity index is 1.79. The van der Waals surface area contributed by atoms with E-state index in [1.165, 1.54) is 18.1 Å². The number of carbonyl (C=O) groups excluding carboxylic acids is 1. The topological polar surface area (TPSA) is 104 Å². The molecule has 48 heavy (non-hydrogen) atoms. The number of allylic oxidation sites excluding steroid dienone is 4. The number of rotatable bonds is 18. The third kappa shape index (κ3) is 11.4. The summed E-state index contributed by atoms with van der Waals surface area (Å²) in [6.45, 7) is 17.8. The van der Waals surface area contributed by atoms with Crippen molar-refractivity contribution in [2.45, 2.75) is 180 Å². The van der Waals surface area contributed by atoms with E-state index in [0.717, 1.165) is 37.0 Å². The molecular formula is C40H64O8. The summed E-state index contributed by atoms with van der Waals surface area (Å²) in [6, 6.07) is 7.81. The van der Waals surface area contributed by atoms with Crippen LogP contribution in [-0.4, -0.2) is 70.1 Å². The van der Waals surface area contributed by atoms with Gasteiger partial charge in [-0.25, -0.2) is 0 Å². The van der Waals surface area contributed by atoms with Gasteiger partial charge in [0.25, 0.3) is 0 Å². The van der Waals surface area contributed by atoms with Crippen molar-refractivity contribution in [3.63, 3.8) is 0 Å². The van der Waals surface area contributed by atoms with Gasteiger partial charge < -0.3 is 33.9 Å². The molecule has 2 saturated heterocycles. The largest absolute Gasteiger partial charge is 0.497 e. The molecule has 8 heteroatoms. The smallest absolute Gasteiger partial charge is 0.303 e. The van der Waals surface area contributed by atoms with Crippen molar-refractivity contribution in [2.24, 2.45) is 0 Å². The molecule has 0 radical (unpaired) electrons. The molecule has 3 rings (SSSR count). The molecule has 0 unspecified atom stereocenters. The second-order valence-corrected chi connectivity index (χ2v) is 15.6. The molecule has 2 aliphatic heterocycles. The van der Waals surface area contributed by atoms with Crippen molar-refractivity contribution in [2.75, 3.05) is 7.11 Å². The fraction of sp³-hybridized carbons (Fsp3) is 0.725. The maximum atomic E-state index is 12.4. The third-order valence-corrected chi connectivity index (χ3v) is 10.4. The van der Waals surface area contributed by atoms with E-state index in [-0.39, 0.29) is 24.3 Å². The van der Waals surface area contributed by atoms with Gasteiger partial charge in [0.2, 0.25) is 0 Å². The fourth-order valence-electron chi connectivity index (χ4n) is 7.17. The zero-order valence-corrected chi connectivity index (χ0v) is 31.4. The lowest BCUT2D eigenvalue weighted by Crippen LogP contribution is -2.48. The van der Waals surface area contributed by atoms with Crippen molar-refractivity contribution in [3.05, 3.63) is 53.1 Å². The minimum absolute atomic E-state index is 0.325. The van der Waals surface area contributed by atoms with Gasteiger partial charge in [-0.3, -0.25) is 4.79 Å². The molecule has 0 spiro atoms. The van der Waals surface area contributed by atoms with Crippen LogP contribution in [0.25, 0.3) is 0 Å². The lowest BCUT2D eigenvalue weighted by Gasteiger charge is -2.39. The Morgan fingerprint density at radius 3 is 1.75 bits per heavy atom. The molecule has 2 N–H and O–H groups in total. The molecule has 8 nitrogen and oxygen atoms in total. The van der Waals surface area contributed by atoms with Crippen LogP contribution in [0.3, 0.4) is 0 Å². The van der Waals surface area contributed by atoms with E-state index in [1.807, 2.05) is 45.0 Å². The van der Waals surface area contributed by atoms with Crippen LogP contribution in [0.5, 0.6) is 5.75 Å². The van der Waals surface area contributed by atoms with Gasteiger partial charge in [-0.1, -0.05) is 35.4 Å². The first-order chi connectivity index (χ1) is 22.4. The van der Waals surface area contributed by atoms with E-state index in [0.29, 0.717) is 45.1 Å². The summed E-state index contributed by atoms with van der Waals surface area (Å²) in [5, 5.41) is 22.8. The van der Waals surface area contributed by atoms with Gasteiger partial charge in [0, 0.05) is 6.92 Å². The highest BCUT2D eigenvalue weighted by atomic mass is 16.6. The number of aliphatic hydroxyl groups is 2. The highest BCUT2D eigenvalue weighted by Gasteiger charge is 2.52. The van der Waals surface area contributed by atoms with E-state index in [1.54, 1.807) is 7.11 Å². The molecule has 272 valence electrons.